The summed E-state index contributed by atoms with van der Waals surface area (Å²) >= 11 is 7.52. The van der Waals surface area contributed by atoms with Crippen LogP contribution in [0.3, 0.4) is 0 Å². The zero-order chi connectivity index (χ0) is 9.56. The van der Waals surface area contributed by atoms with Gasteiger partial charge in [-0.15, -0.1) is 0 Å². The maximum Gasteiger partial charge on any atom is 0.513 e. The normalized spacial score (nSPS) is 13.8. The Morgan fingerprint density at radius 1 is 1.75 bits per heavy atom. The van der Waals surface area contributed by atoms with Crippen molar-refractivity contribution < 1.29 is 14.3 Å². The van der Waals surface area contributed by atoms with E-state index in [2.05, 4.69) is 70.6 Å². The van der Waals surface area contributed by atoms with Crippen LogP contribution >= 0.6 is 61.1 Å². The summed E-state index contributed by atoms with van der Waals surface area (Å²) in [6.45, 7) is 2.05. The van der Waals surface area contributed by atoms with E-state index in [0.717, 1.165) is 3.58 Å². The number of allylic oxidation sites excluding steroid dienone is 1. The summed E-state index contributed by atoms with van der Waals surface area (Å²) in [5.74, 6) is 0. The van der Waals surface area contributed by atoms with Gasteiger partial charge in [0.1, 0.15) is 6.26 Å². The smallest absolute Gasteiger partial charge is 0.434 e. The number of hydrogen-bond donors (Lipinski definition) is 0. The molecule has 3 nitrogen and oxygen atoms in total. The van der Waals surface area contributed by atoms with E-state index in [9.17, 15) is 4.79 Å². The highest BCUT2D eigenvalue weighted by Crippen LogP contribution is 2.24. The summed E-state index contributed by atoms with van der Waals surface area (Å²) in [7, 11) is 0. The first kappa shape index (κ1) is 12.9. The second-order valence-electron chi connectivity index (χ2n) is 1.60. The molecule has 0 spiro atoms. The van der Waals surface area contributed by atoms with Gasteiger partial charge in [0.15, 0.2) is 0 Å². The Labute approximate surface area is 107 Å². The van der Waals surface area contributed by atoms with Crippen LogP contribution in [0.4, 0.5) is 4.79 Å². The molecule has 0 aliphatic heterocycles. The van der Waals surface area contributed by atoms with Gasteiger partial charge in [-0.25, -0.2) is 4.79 Å². The highest BCUT2D eigenvalue weighted by atomic mass is 127. The van der Waals surface area contributed by atoms with Crippen molar-refractivity contribution in [2.45, 2.75) is 9.76 Å². The fourth-order valence-corrected chi connectivity index (χ4v) is 0.690. The van der Waals surface area contributed by atoms with Crippen LogP contribution in [0.25, 0.3) is 0 Å². The number of rotatable bonds is 3. The van der Waals surface area contributed by atoms with Crippen molar-refractivity contribution in [3.63, 3.8) is 0 Å². The molecule has 0 aromatic rings. The van der Waals surface area contributed by atoms with E-state index in [1.54, 1.807) is 6.92 Å². The summed E-state index contributed by atoms with van der Waals surface area (Å²) in [5, 5.41) is 0. The minimum Gasteiger partial charge on any atom is -0.434 e. The van der Waals surface area contributed by atoms with Crippen LogP contribution in [0, 0.1) is 0 Å². The van der Waals surface area contributed by atoms with Crippen molar-refractivity contribution in [3.8, 4) is 0 Å². The summed E-state index contributed by atoms with van der Waals surface area (Å²) in [4.78, 5) is 10.7. The lowest BCUT2D eigenvalue weighted by molar-refractivity contribution is 0.0893. The van der Waals surface area contributed by atoms with Gasteiger partial charge < -0.3 is 9.47 Å². The summed E-state index contributed by atoms with van der Waals surface area (Å²) in [5.41, 5.74) is 0. The predicted molar refractivity (Wildman–Crippen MR) is 66.9 cm³/mol. The molecule has 70 valence electrons. The Hall–Kier alpha value is 0.950. The average molecular weight is 461 g/mol. The van der Waals surface area contributed by atoms with Crippen molar-refractivity contribution in [1.82, 2.24) is 0 Å². The molecular weight excluding hydrogens is 454 g/mol. The van der Waals surface area contributed by atoms with Gasteiger partial charge in [-0.1, -0.05) is 38.5 Å². The number of halogens is 3. The molecule has 0 heterocycles. The molecule has 0 aliphatic rings. The van der Waals surface area contributed by atoms with Crippen molar-refractivity contribution in [2.24, 2.45) is 0 Å². The first-order chi connectivity index (χ1) is 5.57. The summed E-state index contributed by atoms with van der Waals surface area (Å²) in [6.07, 6.45) is 0.695. The molecule has 12 heavy (non-hydrogen) atoms. The van der Waals surface area contributed by atoms with E-state index in [1.807, 2.05) is 0 Å². The molecule has 6 heteroatoms. The van der Waals surface area contributed by atoms with E-state index < -0.39 is 6.16 Å². The Balaban J connectivity index is 3.79. The van der Waals surface area contributed by atoms with Gasteiger partial charge in [0.25, 0.3) is 0 Å². The highest BCUT2D eigenvalue weighted by Gasteiger charge is 2.04. The Kier molecular flexibility index (Phi) is 7.95. The van der Waals surface area contributed by atoms with E-state index in [1.165, 1.54) is 6.26 Å². The molecule has 0 rings (SSSR count). The van der Waals surface area contributed by atoms with Gasteiger partial charge in [-0.2, -0.15) is 0 Å². The minimum atomic E-state index is -0.670. The molecule has 0 aliphatic carbocycles. The average Bonchev–Trinajstić information content (AvgIpc) is 2.00. The van der Waals surface area contributed by atoms with Crippen molar-refractivity contribution >= 4 is 67.3 Å². The minimum absolute atomic E-state index is 0.158. The fraction of sp³-hybridized carbons (Fsp3) is 0.500. The molecular formula is C6H7BrI2O3. The quantitative estimate of drug-likeness (QED) is 0.279. The maximum absolute atomic E-state index is 10.7. The van der Waals surface area contributed by atoms with Gasteiger partial charge in [0.2, 0.25) is 0 Å². The Morgan fingerprint density at radius 2 is 2.33 bits per heavy atom. The first-order valence-corrected chi connectivity index (χ1v) is 6.29. The van der Waals surface area contributed by atoms with Crippen molar-refractivity contribution in [2.75, 3.05) is 6.61 Å². The van der Waals surface area contributed by atoms with Crippen LogP contribution in [-0.2, 0) is 9.47 Å². The van der Waals surface area contributed by atoms with Crippen LogP contribution in [0.5, 0.6) is 0 Å². The van der Waals surface area contributed by atoms with Crippen LogP contribution in [0.15, 0.2) is 9.84 Å². The van der Waals surface area contributed by atoms with Crippen LogP contribution in [-0.4, -0.2) is 15.6 Å². The van der Waals surface area contributed by atoms with Crippen LogP contribution < -0.4 is 0 Å². The second kappa shape index (κ2) is 7.36. The Bertz CT molecular complexity index is 182. The van der Waals surface area contributed by atoms with Gasteiger partial charge >= 0.3 is 6.16 Å². The summed E-state index contributed by atoms with van der Waals surface area (Å²) < 4.78 is 10.2. The SMILES string of the molecule is CCOC(=O)OC=C(I)C(Br)I. The van der Waals surface area contributed by atoms with E-state index in [4.69, 9.17) is 0 Å². The third-order valence-corrected chi connectivity index (χ3v) is 4.83. The molecule has 1 unspecified atom stereocenters. The molecule has 0 N–H and O–H groups in total. The largest absolute Gasteiger partial charge is 0.513 e. The number of ether oxygens (including phenoxy) is 2. The van der Waals surface area contributed by atoms with Gasteiger partial charge in [-0.05, 0) is 29.5 Å². The molecule has 0 aromatic heterocycles. The summed E-state index contributed by atoms with van der Waals surface area (Å²) in [6, 6.07) is 0. The van der Waals surface area contributed by atoms with Gasteiger partial charge in [0.05, 0.1) is 9.44 Å². The maximum atomic E-state index is 10.7. The number of carbonyl (C=O) groups is 1. The van der Waals surface area contributed by atoms with Gasteiger partial charge in [-0.3, -0.25) is 0 Å². The second-order valence-corrected chi connectivity index (χ2v) is 6.72. The number of hydrogen-bond acceptors (Lipinski definition) is 3. The lowest BCUT2D eigenvalue weighted by Gasteiger charge is -2.01. The molecule has 0 fully saturated rings. The molecule has 0 saturated carbocycles. The third-order valence-electron chi connectivity index (χ3n) is 0.738. The lowest BCUT2D eigenvalue weighted by Crippen LogP contribution is -2.03. The topological polar surface area (TPSA) is 35.5 Å². The highest BCUT2D eigenvalue weighted by molar-refractivity contribution is 14.1. The number of alkyl halides is 2. The standard InChI is InChI=1S/C6H7BrI2O3/c1-2-11-6(10)12-3-4(8)5(7)9/h3,5H,2H2,1H3. The fourth-order valence-electron chi connectivity index (χ4n) is 0.308. The first-order valence-electron chi connectivity index (χ1n) is 3.05. The monoisotopic (exact) mass is 460 g/mol. The van der Waals surface area contributed by atoms with E-state index in [0.29, 0.717) is 6.61 Å². The van der Waals surface area contributed by atoms with Crippen LogP contribution in [0.1, 0.15) is 6.92 Å². The Morgan fingerprint density at radius 3 is 2.75 bits per heavy atom. The third kappa shape index (κ3) is 6.46. The molecule has 0 aromatic carbocycles. The van der Waals surface area contributed by atoms with Crippen LogP contribution in [0.2, 0.25) is 0 Å². The lowest BCUT2D eigenvalue weighted by atomic mass is 10.7. The van der Waals surface area contributed by atoms with Crippen molar-refractivity contribution in [1.29, 1.82) is 0 Å². The predicted octanol–water partition coefficient (Wildman–Crippen LogP) is 3.59. The zero-order valence-corrected chi connectivity index (χ0v) is 12.1. The molecule has 0 amide bonds. The van der Waals surface area contributed by atoms with E-state index >= 15 is 0 Å². The zero-order valence-electron chi connectivity index (χ0n) is 6.22. The van der Waals surface area contributed by atoms with Crippen molar-refractivity contribution in [3.05, 3.63) is 9.84 Å². The van der Waals surface area contributed by atoms with E-state index in [-0.39, 0.29) is 2.83 Å². The molecule has 0 radical (unpaired) electrons. The molecule has 0 saturated heterocycles. The van der Waals surface area contributed by atoms with Gasteiger partial charge in [0, 0.05) is 3.58 Å². The molecule has 0 bridgehead atoms. The molecule has 1 atom stereocenters. The number of carbonyl (C=O) groups excluding carboxylic acids is 1.